The van der Waals surface area contributed by atoms with Gasteiger partial charge in [0.15, 0.2) is 0 Å². The van der Waals surface area contributed by atoms with Gasteiger partial charge in [-0.1, -0.05) is 19.1 Å². The summed E-state index contributed by atoms with van der Waals surface area (Å²) < 4.78 is 0. The van der Waals surface area contributed by atoms with Crippen molar-refractivity contribution in [3.63, 3.8) is 0 Å². The summed E-state index contributed by atoms with van der Waals surface area (Å²) >= 11 is 0. The van der Waals surface area contributed by atoms with Crippen LogP contribution >= 0.6 is 0 Å². The van der Waals surface area contributed by atoms with E-state index in [4.69, 9.17) is 0 Å². The van der Waals surface area contributed by atoms with Crippen LogP contribution in [0.2, 0.25) is 0 Å². The molecule has 3 rings (SSSR count). The summed E-state index contributed by atoms with van der Waals surface area (Å²) in [4.78, 5) is 28.0. The van der Waals surface area contributed by atoms with Crippen molar-refractivity contribution in [3.8, 4) is 0 Å². The molecule has 0 N–H and O–H groups in total. The second-order valence-corrected chi connectivity index (χ2v) is 7.85. The van der Waals surface area contributed by atoms with Gasteiger partial charge in [-0.25, -0.2) is 0 Å². The average Bonchev–Trinajstić information content (AvgIpc) is 2.62. The summed E-state index contributed by atoms with van der Waals surface area (Å²) in [6, 6.07) is 8.19. The predicted octanol–water partition coefficient (Wildman–Crippen LogP) is 3.36. The molecule has 0 radical (unpaired) electrons. The number of carbonyl (C=O) groups excluding carboxylic acids is 2. The Bertz CT molecular complexity index is 603. The lowest BCUT2D eigenvalue weighted by atomic mass is 9.90. The highest BCUT2D eigenvalue weighted by Gasteiger charge is 2.23. The fourth-order valence-corrected chi connectivity index (χ4v) is 4.13. The second kappa shape index (κ2) is 8.03. The molecule has 1 atom stereocenters. The van der Waals surface area contributed by atoms with Crippen molar-refractivity contribution in [2.24, 2.45) is 11.8 Å². The van der Waals surface area contributed by atoms with Crippen molar-refractivity contribution in [2.45, 2.75) is 46.0 Å². The number of hydrogen-bond donors (Lipinski definition) is 0. The number of hydrogen-bond acceptors (Lipinski definition) is 2. The third-order valence-electron chi connectivity index (χ3n) is 5.73. The van der Waals surface area contributed by atoms with E-state index in [1.54, 1.807) is 6.92 Å². The van der Waals surface area contributed by atoms with Crippen molar-refractivity contribution in [2.75, 3.05) is 26.2 Å². The van der Waals surface area contributed by atoms with Gasteiger partial charge in [-0.3, -0.25) is 9.59 Å². The molecular weight excluding hydrogens is 312 g/mol. The first kappa shape index (κ1) is 18.0. The lowest BCUT2D eigenvalue weighted by molar-refractivity contribution is -0.130. The third-order valence-corrected chi connectivity index (χ3v) is 5.73. The quantitative estimate of drug-likeness (QED) is 0.845. The molecule has 1 aromatic rings. The Morgan fingerprint density at radius 2 is 1.68 bits per heavy atom. The number of piperidine rings is 2. The maximum Gasteiger partial charge on any atom is 0.253 e. The van der Waals surface area contributed by atoms with Crippen LogP contribution in [0.1, 0.15) is 55.5 Å². The van der Waals surface area contributed by atoms with E-state index >= 15 is 0 Å². The molecule has 1 unspecified atom stereocenters. The molecule has 2 aliphatic heterocycles. The van der Waals surface area contributed by atoms with Gasteiger partial charge in [0.05, 0.1) is 0 Å². The predicted molar refractivity (Wildman–Crippen MR) is 99.4 cm³/mol. The number of likely N-dealkylation sites (tertiary alicyclic amines) is 2. The zero-order chi connectivity index (χ0) is 17.8. The molecule has 0 aliphatic carbocycles. The molecule has 2 amide bonds. The Morgan fingerprint density at radius 1 is 1.00 bits per heavy atom. The van der Waals surface area contributed by atoms with Gasteiger partial charge in [-0.05, 0) is 61.6 Å². The molecule has 0 spiro atoms. The first-order valence-electron chi connectivity index (χ1n) is 9.66. The Morgan fingerprint density at radius 3 is 2.28 bits per heavy atom. The highest BCUT2D eigenvalue weighted by atomic mass is 16.2. The normalized spacial score (nSPS) is 22.1. The van der Waals surface area contributed by atoms with Crippen LogP contribution in [0.25, 0.3) is 0 Å². The Hall–Kier alpha value is -1.84. The van der Waals surface area contributed by atoms with Gasteiger partial charge in [0, 0.05) is 38.7 Å². The van der Waals surface area contributed by atoms with Crippen LogP contribution in [-0.2, 0) is 11.2 Å². The molecule has 0 saturated carbocycles. The molecule has 2 aliphatic rings. The summed E-state index contributed by atoms with van der Waals surface area (Å²) in [5.41, 5.74) is 2.11. The lowest BCUT2D eigenvalue weighted by Gasteiger charge is -2.31. The summed E-state index contributed by atoms with van der Waals surface area (Å²) in [6.07, 6.45) is 5.54. The number of amides is 2. The Balaban J connectivity index is 1.54. The number of carbonyl (C=O) groups is 2. The van der Waals surface area contributed by atoms with Crippen molar-refractivity contribution in [1.82, 2.24) is 9.80 Å². The standard InChI is InChI=1S/C21H30N2O2/c1-16-4-3-11-23(15-16)21(25)20-7-5-18(6-8-20)14-19-9-12-22(13-10-19)17(2)24/h5-8,16,19H,3-4,9-15H2,1-2H3. The van der Waals surface area contributed by atoms with Crippen LogP contribution in [0.15, 0.2) is 24.3 Å². The zero-order valence-corrected chi connectivity index (χ0v) is 15.5. The minimum absolute atomic E-state index is 0.174. The zero-order valence-electron chi connectivity index (χ0n) is 15.5. The van der Waals surface area contributed by atoms with Gasteiger partial charge in [0.2, 0.25) is 5.91 Å². The lowest BCUT2D eigenvalue weighted by Crippen LogP contribution is -2.39. The van der Waals surface area contributed by atoms with Crippen LogP contribution in [0.4, 0.5) is 0 Å². The topological polar surface area (TPSA) is 40.6 Å². The van der Waals surface area contributed by atoms with Gasteiger partial charge >= 0.3 is 0 Å². The van der Waals surface area contributed by atoms with Crippen LogP contribution < -0.4 is 0 Å². The molecule has 4 heteroatoms. The van der Waals surface area contributed by atoms with E-state index < -0.39 is 0 Å². The Labute approximate surface area is 151 Å². The van der Waals surface area contributed by atoms with Crippen molar-refractivity contribution < 1.29 is 9.59 Å². The molecule has 136 valence electrons. The number of nitrogens with zero attached hydrogens (tertiary/aromatic N) is 2. The highest BCUT2D eigenvalue weighted by molar-refractivity contribution is 5.94. The monoisotopic (exact) mass is 342 g/mol. The Kier molecular flexibility index (Phi) is 5.77. The fraction of sp³-hybridized carbons (Fsp3) is 0.619. The van der Waals surface area contributed by atoms with Crippen molar-refractivity contribution in [3.05, 3.63) is 35.4 Å². The van der Waals surface area contributed by atoms with Crippen LogP contribution in [-0.4, -0.2) is 47.8 Å². The van der Waals surface area contributed by atoms with Gasteiger partial charge in [0.1, 0.15) is 0 Å². The smallest absolute Gasteiger partial charge is 0.253 e. The summed E-state index contributed by atoms with van der Waals surface area (Å²) in [6.45, 7) is 7.40. The van der Waals surface area contributed by atoms with Gasteiger partial charge in [0.25, 0.3) is 5.91 Å². The summed E-state index contributed by atoms with van der Waals surface area (Å²) in [7, 11) is 0. The maximum atomic E-state index is 12.6. The van der Waals surface area contributed by atoms with Crippen molar-refractivity contribution in [1.29, 1.82) is 0 Å². The van der Waals surface area contributed by atoms with Gasteiger partial charge in [-0.2, -0.15) is 0 Å². The van der Waals surface area contributed by atoms with E-state index in [9.17, 15) is 9.59 Å². The average molecular weight is 342 g/mol. The molecule has 2 heterocycles. The minimum atomic E-state index is 0.174. The second-order valence-electron chi connectivity index (χ2n) is 7.85. The van der Waals surface area contributed by atoms with Crippen LogP contribution in [0, 0.1) is 11.8 Å². The van der Waals surface area contributed by atoms with Crippen molar-refractivity contribution >= 4 is 11.8 Å². The highest BCUT2D eigenvalue weighted by Crippen LogP contribution is 2.23. The number of rotatable bonds is 3. The van der Waals surface area contributed by atoms with Crippen LogP contribution in [0.5, 0.6) is 0 Å². The molecule has 2 saturated heterocycles. The van der Waals surface area contributed by atoms with Gasteiger partial charge in [-0.15, -0.1) is 0 Å². The third kappa shape index (κ3) is 4.62. The molecule has 1 aromatic carbocycles. The molecule has 4 nitrogen and oxygen atoms in total. The first-order valence-corrected chi connectivity index (χ1v) is 9.66. The molecular formula is C21H30N2O2. The van der Waals surface area contributed by atoms with E-state index in [0.717, 1.165) is 57.4 Å². The van der Waals surface area contributed by atoms with E-state index in [1.807, 2.05) is 21.9 Å². The largest absolute Gasteiger partial charge is 0.343 e. The van der Waals surface area contributed by atoms with E-state index in [-0.39, 0.29) is 11.8 Å². The molecule has 2 fully saturated rings. The van der Waals surface area contributed by atoms with Crippen LogP contribution in [0.3, 0.4) is 0 Å². The van der Waals surface area contributed by atoms with E-state index in [2.05, 4.69) is 19.1 Å². The van der Waals surface area contributed by atoms with Gasteiger partial charge < -0.3 is 9.80 Å². The first-order chi connectivity index (χ1) is 12.0. The fourth-order valence-electron chi connectivity index (χ4n) is 4.13. The molecule has 0 bridgehead atoms. The maximum absolute atomic E-state index is 12.6. The van der Waals surface area contributed by atoms with E-state index in [1.165, 1.54) is 12.0 Å². The summed E-state index contributed by atoms with van der Waals surface area (Å²) in [5, 5.41) is 0. The summed E-state index contributed by atoms with van der Waals surface area (Å²) in [5.74, 6) is 1.61. The minimum Gasteiger partial charge on any atom is -0.343 e. The molecule has 25 heavy (non-hydrogen) atoms. The molecule has 0 aromatic heterocycles. The van der Waals surface area contributed by atoms with E-state index in [0.29, 0.717) is 11.8 Å². The SMILES string of the molecule is CC(=O)N1CCC(Cc2ccc(C(=O)N3CCCC(C)C3)cc2)CC1. The number of benzene rings is 1.